The summed E-state index contributed by atoms with van der Waals surface area (Å²) in [7, 11) is -3.53. The molecular weight excluding hydrogens is 412 g/mol. The Labute approximate surface area is 183 Å². The fourth-order valence-corrected chi connectivity index (χ4v) is 4.01. The van der Waals surface area contributed by atoms with Crippen LogP contribution in [0, 0.1) is 0 Å². The van der Waals surface area contributed by atoms with E-state index in [9.17, 15) is 13.2 Å². The molecule has 3 aromatic carbocycles. The molecule has 0 aliphatic heterocycles. The third kappa shape index (κ3) is 6.67. The third-order valence-electron chi connectivity index (χ3n) is 4.58. The second-order valence-electron chi connectivity index (χ2n) is 6.98. The van der Waals surface area contributed by atoms with Crippen LogP contribution in [0.5, 0.6) is 5.75 Å². The number of carbonyl (C=O) groups is 1. The molecule has 3 rings (SSSR count). The highest BCUT2D eigenvalue weighted by atomic mass is 32.2. The summed E-state index contributed by atoms with van der Waals surface area (Å²) in [5.41, 5.74) is 2.21. The van der Waals surface area contributed by atoms with Crippen molar-refractivity contribution in [2.24, 2.45) is 0 Å². The van der Waals surface area contributed by atoms with Gasteiger partial charge in [-0.2, -0.15) is 0 Å². The lowest BCUT2D eigenvalue weighted by molar-refractivity contribution is 0.102. The summed E-state index contributed by atoms with van der Waals surface area (Å²) in [5.74, 6) is 0.414. The number of amides is 1. The second kappa shape index (κ2) is 10.7. The maximum Gasteiger partial charge on any atom is 0.255 e. The molecule has 0 atom stereocenters. The summed E-state index contributed by atoms with van der Waals surface area (Å²) in [5, 5.41) is 2.77. The standard InChI is InChI=1S/C24H26N2O4S/c1-2-17-25-31(28,29)23-14-10-21(11-15-23)26-24(27)20-8-12-22(13-9-20)30-18-16-19-6-4-3-5-7-19/h3-15,25H,2,16-18H2,1H3,(H,26,27). The molecule has 0 saturated heterocycles. The van der Waals surface area contributed by atoms with Crippen molar-refractivity contribution in [3.05, 3.63) is 90.0 Å². The average Bonchev–Trinajstić information content (AvgIpc) is 2.79. The molecule has 0 bridgehead atoms. The predicted octanol–water partition coefficient (Wildman–Crippen LogP) is 4.25. The number of benzene rings is 3. The second-order valence-corrected chi connectivity index (χ2v) is 8.75. The number of hydrogen-bond donors (Lipinski definition) is 2. The van der Waals surface area contributed by atoms with Crippen molar-refractivity contribution < 1.29 is 17.9 Å². The van der Waals surface area contributed by atoms with Gasteiger partial charge in [-0.1, -0.05) is 37.3 Å². The smallest absolute Gasteiger partial charge is 0.255 e. The number of carbonyl (C=O) groups excluding carboxylic acids is 1. The largest absolute Gasteiger partial charge is 0.493 e. The zero-order chi connectivity index (χ0) is 22.1. The topological polar surface area (TPSA) is 84.5 Å². The van der Waals surface area contributed by atoms with Crippen LogP contribution in [0.1, 0.15) is 29.3 Å². The van der Waals surface area contributed by atoms with Gasteiger partial charge in [0.2, 0.25) is 10.0 Å². The Morgan fingerprint density at radius 3 is 2.23 bits per heavy atom. The van der Waals surface area contributed by atoms with Gasteiger partial charge in [0.1, 0.15) is 5.75 Å². The molecule has 2 N–H and O–H groups in total. The lowest BCUT2D eigenvalue weighted by atomic mass is 10.2. The number of anilines is 1. The van der Waals surface area contributed by atoms with Crippen molar-refractivity contribution in [1.29, 1.82) is 0 Å². The molecule has 1 amide bonds. The van der Waals surface area contributed by atoms with Crippen molar-refractivity contribution in [2.75, 3.05) is 18.5 Å². The van der Waals surface area contributed by atoms with Gasteiger partial charge in [0, 0.05) is 24.2 Å². The summed E-state index contributed by atoms with van der Waals surface area (Å²) in [6.07, 6.45) is 1.52. The van der Waals surface area contributed by atoms with Crippen LogP contribution in [0.15, 0.2) is 83.8 Å². The minimum absolute atomic E-state index is 0.163. The zero-order valence-corrected chi connectivity index (χ0v) is 18.2. The molecule has 0 spiro atoms. The average molecular weight is 439 g/mol. The molecule has 0 aliphatic carbocycles. The van der Waals surface area contributed by atoms with E-state index in [1.54, 1.807) is 36.4 Å². The van der Waals surface area contributed by atoms with Crippen LogP contribution in [-0.2, 0) is 16.4 Å². The number of ether oxygens (including phenoxy) is 1. The Hall–Kier alpha value is -3.16. The Bertz CT molecular complexity index is 1080. The summed E-state index contributed by atoms with van der Waals surface area (Å²) >= 11 is 0. The van der Waals surface area contributed by atoms with Crippen LogP contribution in [0.3, 0.4) is 0 Å². The lowest BCUT2D eigenvalue weighted by Crippen LogP contribution is -2.24. The van der Waals surface area contributed by atoms with E-state index in [1.165, 1.54) is 17.7 Å². The van der Waals surface area contributed by atoms with Gasteiger partial charge in [0.25, 0.3) is 5.91 Å². The fraction of sp³-hybridized carbons (Fsp3) is 0.208. The maximum atomic E-state index is 12.5. The molecule has 0 saturated carbocycles. The predicted molar refractivity (Wildman–Crippen MR) is 122 cm³/mol. The normalized spacial score (nSPS) is 11.1. The molecule has 0 unspecified atom stereocenters. The van der Waals surface area contributed by atoms with Crippen molar-refractivity contribution >= 4 is 21.6 Å². The Morgan fingerprint density at radius 2 is 1.58 bits per heavy atom. The van der Waals surface area contributed by atoms with Crippen molar-refractivity contribution in [2.45, 2.75) is 24.7 Å². The number of hydrogen-bond acceptors (Lipinski definition) is 4. The Balaban J connectivity index is 1.53. The zero-order valence-electron chi connectivity index (χ0n) is 17.4. The molecule has 3 aromatic rings. The first-order valence-corrected chi connectivity index (χ1v) is 11.6. The van der Waals surface area contributed by atoms with Gasteiger partial charge in [-0.15, -0.1) is 0 Å². The van der Waals surface area contributed by atoms with Gasteiger partial charge in [-0.25, -0.2) is 13.1 Å². The summed E-state index contributed by atoms with van der Waals surface area (Å²) < 4.78 is 32.5. The van der Waals surface area contributed by atoms with Crippen LogP contribution >= 0.6 is 0 Å². The van der Waals surface area contributed by atoms with E-state index in [2.05, 4.69) is 22.2 Å². The SMILES string of the molecule is CCCNS(=O)(=O)c1ccc(NC(=O)c2ccc(OCCc3ccccc3)cc2)cc1. The monoisotopic (exact) mass is 438 g/mol. The molecule has 6 nitrogen and oxygen atoms in total. The molecule has 0 fully saturated rings. The van der Waals surface area contributed by atoms with Crippen LogP contribution in [0.4, 0.5) is 5.69 Å². The first kappa shape index (κ1) is 22.5. The van der Waals surface area contributed by atoms with Crippen LogP contribution in [-0.4, -0.2) is 27.5 Å². The van der Waals surface area contributed by atoms with Crippen LogP contribution in [0.2, 0.25) is 0 Å². The van der Waals surface area contributed by atoms with Crippen molar-refractivity contribution in [3.8, 4) is 5.75 Å². The van der Waals surface area contributed by atoms with E-state index in [4.69, 9.17) is 4.74 Å². The van der Waals surface area contributed by atoms with Crippen LogP contribution in [0.25, 0.3) is 0 Å². The van der Waals surface area contributed by atoms with Gasteiger partial charge in [-0.05, 0) is 60.5 Å². The minimum atomic E-state index is -3.53. The van der Waals surface area contributed by atoms with E-state index < -0.39 is 10.0 Å². The molecule has 7 heteroatoms. The number of sulfonamides is 1. The molecule has 0 aromatic heterocycles. The van der Waals surface area contributed by atoms with Gasteiger partial charge in [0.15, 0.2) is 0 Å². The Morgan fingerprint density at radius 1 is 0.903 bits per heavy atom. The molecule has 0 radical (unpaired) electrons. The van der Waals surface area contributed by atoms with E-state index in [1.807, 2.05) is 25.1 Å². The number of nitrogens with one attached hydrogen (secondary N) is 2. The molecule has 162 valence electrons. The first-order valence-electron chi connectivity index (χ1n) is 10.2. The van der Waals surface area contributed by atoms with Crippen molar-refractivity contribution in [1.82, 2.24) is 4.72 Å². The molecule has 0 heterocycles. The van der Waals surface area contributed by atoms with Crippen molar-refractivity contribution in [3.63, 3.8) is 0 Å². The van der Waals surface area contributed by atoms with Gasteiger partial charge in [0.05, 0.1) is 11.5 Å². The van der Waals surface area contributed by atoms with E-state index in [0.29, 0.717) is 36.6 Å². The van der Waals surface area contributed by atoms with Gasteiger partial charge in [-0.3, -0.25) is 4.79 Å². The highest BCUT2D eigenvalue weighted by molar-refractivity contribution is 7.89. The summed E-state index contributed by atoms with van der Waals surface area (Å²) in [6.45, 7) is 2.83. The van der Waals surface area contributed by atoms with E-state index in [-0.39, 0.29) is 10.8 Å². The number of rotatable bonds is 10. The van der Waals surface area contributed by atoms with Gasteiger partial charge >= 0.3 is 0 Å². The maximum absolute atomic E-state index is 12.5. The lowest BCUT2D eigenvalue weighted by Gasteiger charge is -2.09. The van der Waals surface area contributed by atoms with E-state index >= 15 is 0 Å². The van der Waals surface area contributed by atoms with Gasteiger partial charge < -0.3 is 10.1 Å². The highest BCUT2D eigenvalue weighted by Gasteiger charge is 2.13. The Kier molecular flexibility index (Phi) is 7.81. The summed E-state index contributed by atoms with van der Waals surface area (Å²) in [6, 6.07) is 23.1. The van der Waals surface area contributed by atoms with Crippen LogP contribution < -0.4 is 14.8 Å². The van der Waals surface area contributed by atoms with E-state index in [0.717, 1.165) is 6.42 Å². The summed E-state index contributed by atoms with van der Waals surface area (Å²) in [4.78, 5) is 12.6. The first-order chi connectivity index (χ1) is 15.0. The third-order valence-corrected chi connectivity index (χ3v) is 6.06. The highest BCUT2D eigenvalue weighted by Crippen LogP contribution is 2.17. The quantitative estimate of drug-likeness (QED) is 0.496. The minimum Gasteiger partial charge on any atom is -0.493 e. The fourth-order valence-electron chi connectivity index (χ4n) is 2.87. The molecule has 31 heavy (non-hydrogen) atoms. The molecule has 0 aliphatic rings. The molecular formula is C24H26N2O4S.